The van der Waals surface area contributed by atoms with Gasteiger partial charge in [-0.05, 0) is 24.6 Å². The first kappa shape index (κ1) is 14.4. The van der Waals surface area contributed by atoms with Crippen LogP contribution in [0.4, 0.5) is 9.52 Å². The van der Waals surface area contributed by atoms with Crippen molar-refractivity contribution in [2.24, 2.45) is 0 Å². The molecule has 2 aromatic rings. The quantitative estimate of drug-likeness (QED) is 0.755. The van der Waals surface area contributed by atoms with Crippen molar-refractivity contribution in [3.63, 3.8) is 0 Å². The highest BCUT2D eigenvalue weighted by Crippen LogP contribution is 2.36. The SMILES string of the molecule is Cc1nc(N2C=CC=CC2)sc1SCc1ccccc1F. The monoisotopic (exact) mass is 318 g/mol. The molecule has 1 aliphatic rings. The lowest BCUT2D eigenvalue weighted by Crippen LogP contribution is -2.16. The van der Waals surface area contributed by atoms with Gasteiger partial charge in [0.2, 0.25) is 0 Å². The van der Waals surface area contributed by atoms with E-state index in [-0.39, 0.29) is 5.82 Å². The Morgan fingerprint density at radius 1 is 1.33 bits per heavy atom. The maximum absolute atomic E-state index is 13.6. The third kappa shape index (κ3) is 3.36. The van der Waals surface area contributed by atoms with Crippen molar-refractivity contribution in [2.75, 3.05) is 11.4 Å². The summed E-state index contributed by atoms with van der Waals surface area (Å²) in [5.74, 6) is 0.488. The van der Waals surface area contributed by atoms with Crippen molar-refractivity contribution in [3.05, 3.63) is 65.8 Å². The summed E-state index contributed by atoms with van der Waals surface area (Å²) in [6.45, 7) is 2.86. The van der Waals surface area contributed by atoms with Crippen LogP contribution in [0.2, 0.25) is 0 Å². The molecular formula is C16H15FN2S2. The molecule has 0 radical (unpaired) electrons. The normalized spacial score (nSPS) is 13.9. The molecule has 1 aromatic heterocycles. The fourth-order valence-electron chi connectivity index (χ4n) is 1.99. The smallest absolute Gasteiger partial charge is 0.190 e. The van der Waals surface area contributed by atoms with Gasteiger partial charge in [0.15, 0.2) is 5.13 Å². The number of thioether (sulfide) groups is 1. The van der Waals surface area contributed by atoms with Gasteiger partial charge in [-0.1, -0.05) is 41.7 Å². The number of hydrogen-bond donors (Lipinski definition) is 0. The van der Waals surface area contributed by atoms with Crippen LogP contribution >= 0.6 is 23.1 Å². The summed E-state index contributed by atoms with van der Waals surface area (Å²) in [7, 11) is 0. The fraction of sp³-hybridized carbons (Fsp3) is 0.188. The molecule has 0 atom stereocenters. The van der Waals surface area contributed by atoms with E-state index in [0.29, 0.717) is 5.75 Å². The molecule has 108 valence electrons. The average Bonchev–Trinajstić information content (AvgIpc) is 2.89. The predicted octanol–water partition coefficient (Wildman–Crippen LogP) is 4.77. The van der Waals surface area contributed by atoms with Gasteiger partial charge in [-0.2, -0.15) is 0 Å². The molecule has 2 heterocycles. The molecule has 3 rings (SSSR count). The Morgan fingerprint density at radius 3 is 2.95 bits per heavy atom. The minimum absolute atomic E-state index is 0.142. The molecule has 0 N–H and O–H groups in total. The summed E-state index contributed by atoms with van der Waals surface area (Å²) in [6.07, 6.45) is 8.17. The molecule has 0 amide bonds. The number of aryl methyl sites for hydroxylation is 1. The van der Waals surface area contributed by atoms with Crippen molar-refractivity contribution in [2.45, 2.75) is 16.9 Å². The predicted molar refractivity (Wildman–Crippen MR) is 88.4 cm³/mol. The Morgan fingerprint density at radius 2 is 2.19 bits per heavy atom. The minimum atomic E-state index is -0.142. The van der Waals surface area contributed by atoms with Crippen molar-refractivity contribution >= 4 is 28.2 Å². The van der Waals surface area contributed by atoms with Crippen molar-refractivity contribution < 1.29 is 4.39 Å². The van der Waals surface area contributed by atoms with Crippen molar-refractivity contribution in [3.8, 4) is 0 Å². The van der Waals surface area contributed by atoms with Crippen molar-refractivity contribution in [1.82, 2.24) is 4.98 Å². The van der Waals surface area contributed by atoms with Crippen molar-refractivity contribution in [1.29, 1.82) is 0 Å². The van der Waals surface area contributed by atoms with Gasteiger partial charge in [0.05, 0.1) is 9.90 Å². The van der Waals surface area contributed by atoms with Crippen LogP contribution in [-0.4, -0.2) is 11.5 Å². The Labute approximate surface area is 132 Å². The summed E-state index contributed by atoms with van der Waals surface area (Å²) in [5, 5.41) is 0.990. The Balaban J connectivity index is 1.71. The number of benzene rings is 1. The first-order valence-corrected chi connectivity index (χ1v) is 8.48. The van der Waals surface area contributed by atoms with Crippen LogP contribution in [0, 0.1) is 12.7 Å². The first-order chi connectivity index (χ1) is 10.2. The molecular weight excluding hydrogens is 303 g/mol. The lowest BCUT2D eigenvalue weighted by molar-refractivity contribution is 0.617. The second-order valence-corrected chi connectivity index (χ2v) is 6.89. The lowest BCUT2D eigenvalue weighted by Gasteiger charge is -2.16. The summed E-state index contributed by atoms with van der Waals surface area (Å²) in [5.41, 5.74) is 1.75. The van der Waals surface area contributed by atoms with Gasteiger partial charge >= 0.3 is 0 Å². The number of hydrogen-bond acceptors (Lipinski definition) is 4. The van der Waals surface area contributed by atoms with E-state index in [2.05, 4.69) is 16.0 Å². The second kappa shape index (κ2) is 6.45. The number of allylic oxidation sites excluding steroid dienone is 2. The van der Waals surface area contributed by atoms with E-state index in [9.17, 15) is 4.39 Å². The molecule has 21 heavy (non-hydrogen) atoms. The van der Waals surface area contributed by atoms with Crippen LogP contribution in [-0.2, 0) is 5.75 Å². The van der Waals surface area contributed by atoms with Crippen LogP contribution < -0.4 is 4.90 Å². The summed E-state index contributed by atoms with van der Waals surface area (Å²) < 4.78 is 14.8. The van der Waals surface area contributed by atoms with E-state index in [1.165, 1.54) is 6.07 Å². The molecule has 0 saturated carbocycles. The van der Waals surface area contributed by atoms with Crippen LogP contribution in [0.15, 0.2) is 52.9 Å². The highest BCUT2D eigenvalue weighted by Gasteiger charge is 2.13. The fourth-order valence-corrected chi connectivity index (χ4v) is 4.20. The van der Waals surface area contributed by atoms with E-state index in [0.717, 1.165) is 27.1 Å². The molecule has 1 aliphatic heterocycles. The van der Waals surface area contributed by atoms with E-state index < -0.39 is 0 Å². The van der Waals surface area contributed by atoms with Gasteiger partial charge in [-0.3, -0.25) is 0 Å². The summed E-state index contributed by atoms with van der Waals surface area (Å²) >= 11 is 3.31. The number of anilines is 1. The first-order valence-electron chi connectivity index (χ1n) is 6.67. The summed E-state index contributed by atoms with van der Waals surface area (Å²) in [4.78, 5) is 6.73. The third-order valence-corrected chi connectivity index (χ3v) is 5.73. The molecule has 0 saturated heterocycles. The largest absolute Gasteiger partial charge is 0.321 e. The van der Waals surface area contributed by atoms with Gasteiger partial charge in [-0.15, -0.1) is 11.8 Å². The zero-order chi connectivity index (χ0) is 14.7. The van der Waals surface area contributed by atoms with Gasteiger partial charge < -0.3 is 4.90 Å². The topological polar surface area (TPSA) is 16.1 Å². The van der Waals surface area contributed by atoms with Crippen LogP contribution in [0.5, 0.6) is 0 Å². The van der Waals surface area contributed by atoms with E-state index >= 15 is 0 Å². The zero-order valence-electron chi connectivity index (χ0n) is 11.6. The number of aromatic nitrogens is 1. The molecule has 0 unspecified atom stereocenters. The highest BCUT2D eigenvalue weighted by atomic mass is 32.2. The molecule has 0 bridgehead atoms. The maximum Gasteiger partial charge on any atom is 0.190 e. The lowest BCUT2D eigenvalue weighted by atomic mass is 10.2. The number of halogens is 1. The third-order valence-electron chi connectivity index (χ3n) is 3.12. The van der Waals surface area contributed by atoms with Crippen LogP contribution in [0.25, 0.3) is 0 Å². The molecule has 2 nitrogen and oxygen atoms in total. The molecule has 0 spiro atoms. The van der Waals surface area contributed by atoms with E-state index in [1.807, 2.05) is 37.4 Å². The van der Waals surface area contributed by atoms with Gasteiger partial charge in [0, 0.05) is 18.5 Å². The molecule has 0 fully saturated rings. The Kier molecular flexibility index (Phi) is 4.41. The van der Waals surface area contributed by atoms with Gasteiger partial charge in [0.25, 0.3) is 0 Å². The van der Waals surface area contributed by atoms with Gasteiger partial charge in [0.1, 0.15) is 5.82 Å². The van der Waals surface area contributed by atoms with E-state index in [4.69, 9.17) is 0 Å². The van der Waals surface area contributed by atoms with Crippen LogP contribution in [0.3, 0.4) is 0 Å². The highest BCUT2D eigenvalue weighted by molar-refractivity contribution is 8.00. The maximum atomic E-state index is 13.6. The Hall–Kier alpha value is -1.59. The Bertz CT molecular complexity index is 691. The van der Waals surface area contributed by atoms with E-state index in [1.54, 1.807) is 29.2 Å². The zero-order valence-corrected chi connectivity index (χ0v) is 13.3. The van der Waals surface area contributed by atoms with Crippen LogP contribution in [0.1, 0.15) is 11.3 Å². The molecule has 5 heteroatoms. The summed E-state index contributed by atoms with van der Waals surface area (Å²) in [6, 6.07) is 6.92. The molecule has 1 aromatic carbocycles. The average molecular weight is 318 g/mol. The minimum Gasteiger partial charge on any atom is -0.321 e. The molecule has 0 aliphatic carbocycles. The number of rotatable bonds is 4. The van der Waals surface area contributed by atoms with Gasteiger partial charge in [-0.25, -0.2) is 9.37 Å². The second-order valence-electron chi connectivity index (χ2n) is 4.67. The number of nitrogens with zero attached hydrogens (tertiary/aromatic N) is 2. The standard InChI is InChI=1S/C16H15FN2S2/c1-12-15(20-11-13-7-3-4-8-14(13)17)21-16(18-12)19-9-5-2-6-10-19/h2-9H,10-11H2,1H3. The number of thiazole rings is 1.